The first-order chi connectivity index (χ1) is 9.72. The first-order valence-electron chi connectivity index (χ1n) is 6.56. The number of hydrogen-bond acceptors (Lipinski definition) is 4. The maximum atomic E-state index is 13.5. The van der Waals surface area contributed by atoms with Gasteiger partial charge in [-0.3, -0.25) is 9.69 Å². The van der Waals surface area contributed by atoms with E-state index in [0.29, 0.717) is 26.3 Å². The molecule has 1 rings (SSSR count). The molecule has 1 atom stereocenters. The van der Waals surface area contributed by atoms with Gasteiger partial charge >= 0.3 is 6.18 Å². The van der Waals surface area contributed by atoms with Gasteiger partial charge in [0, 0.05) is 38.9 Å². The summed E-state index contributed by atoms with van der Waals surface area (Å²) in [6, 6.07) is 0. The molecule has 0 amide bonds. The number of carbonyl (C=O) groups excluding carboxylic acids is 1. The molecule has 0 N–H and O–H groups in total. The van der Waals surface area contributed by atoms with Gasteiger partial charge in [0.2, 0.25) is 0 Å². The number of carbonyl (C=O) groups is 1. The van der Waals surface area contributed by atoms with Crippen LogP contribution in [0, 0.1) is 0 Å². The van der Waals surface area contributed by atoms with E-state index in [-0.39, 0.29) is 13.0 Å². The predicted molar refractivity (Wildman–Crippen MR) is 63.0 cm³/mol. The Morgan fingerprint density at radius 2 is 1.76 bits per heavy atom. The lowest BCUT2D eigenvalue weighted by molar-refractivity contribution is -0.160. The van der Waals surface area contributed by atoms with E-state index in [4.69, 9.17) is 4.74 Å². The highest BCUT2D eigenvalue weighted by Crippen LogP contribution is 2.32. The van der Waals surface area contributed by atoms with Gasteiger partial charge in [-0.2, -0.15) is 13.2 Å². The Morgan fingerprint density at radius 1 is 1.14 bits per heavy atom. The molecule has 1 unspecified atom stereocenters. The monoisotopic (exact) mass is 319 g/mol. The number of ether oxygens (including phenoxy) is 2. The highest BCUT2D eigenvalue weighted by Gasteiger charge is 2.39. The standard InChI is InChI=1S/C12H18F5NO3/c13-11(14,1-2-12(15,16)17)7-10(21-9-19)8-18-3-5-20-6-4-18/h9-10H,1-8H2. The Morgan fingerprint density at radius 3 is 2.29 bits per heavy atom. The Labute approximate surface area is 119 Å². The van der Waals surface area contributed by atoms with Gasteiger partial charge in [-0.15, -0.1) is 0 Å². The molecule has 4 nitrogen and oxygen atoms in total. The van der Waals surface area contributed by atoms with Gasteiger partial charge in [0.1, 0.15) is 6.10 Å². The molecule has 1 aliphatic rings. The molecule has 1 heterocycles. The second-order valence-electron chi connectivity index (χ2n) is 4.94. The minimum absolute atomic E-state index is 0.0466. The van der Waals surface area contributed by atoms with Crippen LogP contribution < -0.4 is 0 Å². The second kappa shape index (κ2) is 7.88. The van der Waals surface area contributed by atoms with Crippen molar-refractivity contribution in [1.29, 1.82) is 0 Å². The van der Waals surface area contributed by atoms with Crippen molar-refractivity contribution >= 4 is 6.47 Å². The quantitative estimate of drug-likeness (QED) is 0.508. The summed E-state index contributed by atoms with van der Waals surface area (Å²) in [5.74, 6) is -3.53. The van der Waals surface area contributed by atoms with E-state index in [2.05, 4.69) is 4.74 Å². The lowest BCUT2D eigenvalue weighted by atomic mass is 10.0. The molecule has 0 aromatic rings. The van der Waals surface area contributed by atoms with Gasteiger partial charge in [-0.25, -0.2) is 8.78 Å². The molecular weight excluding hydrogens is 301 g/mol. The van der Waals surface area contributed by atoms with Crippen molar-refractivity contribution in [3.63, 3.8) is 0 Å². The SMILES string of the molecule is O=COC(CN1CCOCC1)CC(F)(F)CCC(F)(F)F. The Kier molecular flexibility index (Phi) is 6.79. The summed E-state index contributed by atoms with van der Waals surface area (Å²) in [6.07, 6.45) is -9.55. The number of morpholine rings is 1. The lowest BCUT2D eigenvalue weighted by Crippen LogP contribution is -2.43. The van der Waals surface area contributed by atoms with Crippen molar-refractivity contribution in [3.05, 3.63) is 0 Å². The normalized spacial score (nSPS) is 19.3. The average Bonchev–Trinajstić information content (AvgIpc) is 2.37. The minimum atomic E-state index is -4.63. The summed E-state index contributed by atoms with van der Waals surface area (Å²) in [5.41, 5.74) is 0. The van der Waals surface area contributed by atoms with Crippen LogP contribution in [0.1, 0.15) is 19.3 Å². The van der Waals surface area contributed by atoms with Crippen LogP contribution in [0.2, 0.25) is 0 Å². The third kappa shape index (κ3) is 8.15. The summed E-state index contributed by atoms with van der Waals surface area (Å²) in [7, 11) is 0. The number of nitrogens with zero attached hydrogens (tertiary/aromatic N) is 1. The third-order valence-electron chi connectivity index (χ3n) is 3.11. The first kappa shape index (κ1) is 18.1. The van der Waals surface area contributed by atoms with E-state index in [1.807, 2.05) is 0 Å². The molecule has 0 aromatic carbocycles. The zero-order chi connectivity index (χ0) is 15.9. The summed E-state index contributed by atoms with van der Waals surface area (Å²) >= 11 is 0. The third-order valence-corrected chi connectivity index (χ3v) is 3.11. The zero-order valence-electron chi connectivity index (χ0n) is 11.4. The topological polar surface area (TPSA) is 38.8 Å². The van der Waals surface area contributed by atoms with Crippen molar-refractivity contribution in [2.24, 2.45) is 0 Å². The van der Waals surface area contributed by atoms with Gasteiger partial charge in [0.25, 0.3) is 12.4 Å². The van der Waals surface area contributed by atoms with Gasteiger partial charge in [-0.05, 0) is 0 Å². The fourth-order valence-corrected chi connectivity index (χ4v) is 2.07. The molecule has 0 aliphatic carbocycles. The molecule has 1 fully saturated rings. The van der Waals surface area contributed by atoms with E-state index >= 15 is 0 Å². The van der Waals surface area contributed by atoms with Gasteiger partial charge in [0.15, 0.2) is 0 Å². The van der Waals surface area contributed by atoms with Crippen LogP contribution >= 0.6 is 0 Å². The largest absolute Gasteiger partial charge is 0.463 e. The van der Waals surface area contributed by atoms with Crippen molar-refractivity contribution in [3.8, 4) is 0 Å². The second-order valence-corrected chi connectivity index (χ2v) is 4.94. The minimum Gasteiger partial charge on any atom is -0.463 e. The first-order valence-corrected chi connectivity index (χ1v) is 6.56. The van der Waals surface area contributed by atoms with E-state index in [0.717, 1.165) is 0 Å². The van der Waals surface area contributed by atoms with Gasteiger partial charge in [0.05, 0.1) is 13.2 Å². The highest BCUT2D eigenvalue weighted by molar-refractivity contribution is 5.37. The number of hydrogen-bond donors (Lipinski definition) is 0. The molecule has 0 spiro atoms. The number of halogens is 5. The smallest absolute Gasteiger partial charge is 0.389 e. The maximum Gasteiger partial charge on any atom is 0.389 e. The molecule has 124 valence electrons. The maximum absolute atomic E-state index is 13.5. The summed E-state index contributed by atoms with van der Waals surface area (Å²) < 4.78 is 72.8. The average molecular weight is 319 g/mol. The Bertz CT molecular complexity index is 319. The summed E-state index contributed by atoms with van der Waals surface area (Å²) in [4.78, 5) is 12.1. The van der Waals surface area contributed by atoms with Crippen molar-refractivity contribution in [2.75, 3.05) is 32.8 Å². The molecule has 0 saturated carbocycles. The summed E-state index contributed by atoms with van der Waals surface area (Å²) in [5, 5.41) is 0. The van der Waals surface area contributed by atoms with Crippen LogP contribution in [-0.4, -0.2) is 62.4 Å². The molecule has 9 heteroatoms. The zero-order valence-corrected chi connectivity index (χ0v) is 11.4. The Balaban J connectivity index is 2.48. The van der Waals surface area contributed by atoms with Gasteiger partial charge < -0.3 is 9.47 Å². The van der Waals surface area contributed by atoms with Crippen LogP contribution in [0.4, 0.5) is 22.0 Å². The van der Waals surface area contributed by atoms with Crippen molar-refractivity contribution < 1.29 is 36.2 Å². The molecule has 1 aliphatic heterocycles. The molecule has 0 radical (unpaired) electrons. The highest BCUT2D eigenvalue weighted by atomic mass is 19.4. The molecule has 1 saturated heterocycles. The number of alkyl halides is 5. The predicted octanol–water partition coefficient (Wildman–Crippen LogP) is 2.23. The Hall–Kier alpha value is -0.960. The van der Waals surface area contributed by atoms with E-state index in [1.165, 1.54) is 0 Å². The fourth-order valence-electron chi connectivity index (χ4n) is 2.07. The van der Waals surface area contributed by atoms with E-state index in [1.54, 1.807) is 4.90 Å². The molecule has 0 bridgehead atoms. The molecule has 0 aromatic heterocycles. The van der Waals surface area contributed by atoms with Crippen LogP contribution in [0.5, 0.6) is 0 Å². The van der Waals surface area contributed by atoms with Crippen LogP contribution in [0.3, 0.4) is 0 Å². The fraction of sp³-hybridized carbons (Fsp3) is 0.917. The van der Waals surface area contributed by atoms with E-state index < -0.39 is 37.5 Å². The van der Waals surface area contributed by atoms with Crippen LogP contribution in [0.25, 0.3) is 0 Å². The van der Waals surface area contributed by atoms with Crippen LogP contribution in [-0.2, 0) is 14.3 Å². The lowest BCUT2D eigenvalue weighted by Gasteiger charge is -2.31. The number of rotatable bonds is 8. The van der Waals surface area contributed by atoms with Crippen molar-refractivity contribution in [2.45, 2.75) is 37.5 Å². The molecule has 21 heavy (non-hydrogen) atoms. The van der Waals surface area contributed by atoms with Crippen molar-refractivity contribution in [1.82, 2.24) is 4.90 Å². The van der Waals surface area contributed by atoms with Gasteiger partial charge in [-0.1, -0.05) is 0 Å². The molecular formula is C12H18F5NO3. The summed E-state index contributed by atoms with van der Waals surface area (Å²) in [6.45, 7) is 2.00. The van der Waals surface area contributed by atoms with E-state index in [9.17, 15) is 26.7 Å². The van der Waals surface area contributed by atoms with Crippen LogP contribution in [0.15, 0.2) is 0 Å².